The molecule has 1 fully saturated rings. The maximum Gasteiger partial charge on any atom is 0.123 e. The summed E-state index contributed by atoms with van der Waals surface area (Å²) in [4.78, 5) is 2.39. The molecule has 0 spiro atoms. The molecule has 2 aromatic carbocycles. The van der Waals surface area contributed by atoms with Crippen molar-refractivity contribution in [2.75, 3.05) is 38.1 Å². The highest BCUT2D eigenvalue weighted by molar-refractivity contribution is 5.46. The van der Waals surface area contributed by atoms with Crippen LogP contribution in [0, 0.1) is 5.82 Å². The van der Waals surface area contributed by atoms with Crippen LogP contribution in [0.25, 0.3) is 0 Å². The molecule has 0 atom stereocenters. The average Bonchev–Trinajstić information content (AvgIpc) is 2.76. The maximum absolute atomic E-state index is 13.0. The van der Waals surface area contributed by atoms with E-state index in [2.05, 4.69) is 17.1 Å². The van der Waals surface area contributed by atoms with Gasteiger partial charge in [-0.3, -0.25) is 0 Å². The smallest absolute Gasteiger partial charge is 0.123 e. The average molecular weight is 415 g/mol. The Morgan fingerprint density at radius 1 is 1.07 bits per heavy atom. The number of hydrogen-bond donors (Lipinski definition) is 2. The van der Waals surface area contributed by atoms with E-state index in [-0.39, 0.29) is 5.82 Å². The Kier molecular flexibility index (Phi) is 8.52. The molecule has 2 aromatic rings. The van der Waals surface area contributed by atoms with Crippen LogP contribution in [0.2, 0.25) is 0 Å². The molecule has 1 aliphatic rings. The molecule has 30 heavy (non-hydrogen) atoms. The summed E-state index contributed by atoms with van der Waals surface area (Å²) in [7, 11) is 0. The number of piperidine rings is 1. The molecule has 164 valence electrons. The van der Waals surface area contributed by atoms with Gasteiger partial charge in [0.25, 0.3) is 0 Å². The number of nitrogens with one attached hydrogen (secondary N) is 1. The monoisotopic (exact) mass is 414 g/mol. The quantitative estimate of drug-likeness (QED) is 0.515. The van der Waals surface area contributed by atoms with Crippen molar-refractivity contribution >= 4 is 5.69 Å². The summed E-state index contributed by atoms with van der Waals surface area (Å²) in [5.41, 5.74) is 1.61. The van der Waals surface area contributed by atoms with Gasteiger partial charge in [0, 0.05) is 31.9 Å². The highest BCUT2D eigenvalue weighted by Crippen LogP contribution is 2.26. The van der Waals surface area contributed by atoms with Gasteiger partial charge in [-0.15, -0.1) is 0 Å². The topological polar surface area (TPSA) is 44.7 Å². The molecule has 1 aliphatic heterocycles. The summed E-state index contributed by atoms with van der Waals surface area (Å²) in [6, 6.07) is 14.8. The van der Waals surface area contributed by atoms with Gasteiger partial charge < -0.3 is 20.1 Å². The summed E-state index contributed by atoms with van der Waals surface area (Å²) in [6.45, 7) is 6.43. The van der Waals surface area contributed by atoms with Crippen LogP contribution < -0.4 is 10.1 Å². The van der Waals surface area contributed by atoms with E-state index in [1.165, 1.54) is 12.1 Å². The fourth-order valence-electron chi connectivity index (χ4n) is 3.82. The van der Waals surface area contributed by atoms with Crippen molar-refractivity contribution in [3.63, 3.8) is 0 Å². The van der Waals surface area contributed by atoms with E-state index in [4.69, 9.17) is 4.74 Å². The third kappa shape index (κ3) is 7.29. The summed E-state index contributed by atoms with van der Waals surface area (Å²) in [5, 5.41) is 14.3. The number of ether oxygens (including phenoxy) is 1. The van der Waals surface area contributed by atoms with Crippen LogP contribution >= 0.6 is 0 Å². The number of halogens is 1. The zero-order valence-corrected chi connectivity index (χ0v) is 18.1. The fraction of sp³-hybridized carbons (Fsp3) is 0.520. The van der Waals surface area contributed by atoms with Gasteiger partial charge in [0.05, 0.1) is 12.2 Å². The Morgan fingerprint density at radius 3 is 2.43 bits per heavy atom. The first-order chi connectivity index (χ1) is 14.6. The zero-order chi connectivity index (χ0) is 21.2. The van der Waals surface area contributed by atoms with Gasteiger partial charge in [-0.25, -0.2) is 4.39 Å². The first-order valence-corrected chi connectivity index (χ1v) is 11.2. The van der Waals surface area contributed by atoms with E-state index in [0.29, 0.717) is 0 Å². The van der Waals surface area contributed by atoms with E-state index in [9.17, 15) is 9.50 Å². The van der Waals surface area contributed by atoms with Crippen molar-refractivity contribution in [3.8, 4) is 5.75 Å². The van der Waals surface area contributed by atoms with Crippen molar-refractivity contribution in [1.82, 2.24) is 4.90 Å². The van der Waals surface area contributed by atoms with E-state index in [1.54, 1.807) is 0 Å². The van der Waals surface area contributed by atoms with Crippen LogP contribution in [0.15, 0.2) is 48.5 Å². The van der Waals surface area contributed by atoms with Crippen molar-refractivity contribution in [2.24, 2.45) is 0 Å². The Morgan fingerprint density at radius 2 is 1.77 bits per heavy atom. The number of likely N-dealkylation sites (tertiary alicyclic amines) is 1. The predicted octanol–water partition coefficient (Wildman–Crippen LogP) is 4.88. The molecule has 0 unspecified atom stereocenters. The fourth-order valence-corrected chi connectivity index (χ4v) is 3.82. The number of aliphatic hydroxyl groups is 1. The summed E-state index contributed by atoms with van der Waals surface area (Å²) in [6.07, 6.45) is 5.45. The van der Waals surface area contributed by atoms with Gasteiger partial charge in [-0.1, -0.05) is 25.5 Å². The minimum absolute atomic E-state index is 0.188. The largest absolute Gasteiger partial charge is 0.494 e. The van der Waals surface area contributed by atoms with Crippen molar-refractivity contribution in [1.29, 1.82) is 0 Å². The highest BCUT2D eigenvalue weighted by atomic mass is 19.1. The first kappa shape index (κ1) is 22.6. The highest BCUT2D eigenvalue weighted by Gasteiger charge is 2.31. The number of unbranched alkanes of at least 4 members (excludes halogenated alkanes) is 1. The molecule has 0 bridgehead atoms. The van der Waals surface area contributed by atoms with Crippen molar-refractivity contribution in [3.05, 3.63) is 59.9 Å². The second kappa shape index (κ2) is 11.3. The molecule has 4 nitrogen and oxygen atoms in total. The molecule has 0 amide bonds. The maximum atomic E-state index is 13.0. The minimum atomic E-state index is -0.595. The summed E-state index contributed by atoms with van der Waals surface area (Å²) >= 11 is 0. The Bertz CT molecular complexity index is 741. The molecule has 5 heteroatoms. The van der Waals surface area contributed by atoms with E-state index < -0.39 is 5.60 Å². The first-order valence-electron chi connectivity index (χ1n) is 11.2. The van der Waals surface area contributed by atoms with Crippen LogP contribution in [0.3, 0.4) is 0 Å². The van der Waals surface area contributed by atoms with Crippen LogP contribution in [-0.4, -0.2) is 48.4 Å². The lowest BCUT2D eigenvalue weighted by Crippen LogP contribution is -2.45. The van der Waals surface area contributed by atoms with Crippen molar-refractivity contribution < 1.29 is 14.2 Å². The summed E-state index contributed by atoms with van der Waals surface area (Å²) < 4.78 is 18.7. The standard InChI is InChI=1S/C25H35FN2O2/c1-2-3-20-30-24-10-8-23(9-11-24)27-16-13-25(29)14-18-28(19-15-25)17-12-21-4-6-22(26)7-5-21/h4-11,27,29H,2-3,12-20H2,1H3. The van der Waals surface area contributed by atoms with Crippen LogP contribution in [0.1, 0.15) is 44.6 Å². The Hall–Kier alpha value is -2.11. The van der Waals surface area contributed by atoms with E-state index in [0.717, 1.165) is 88.3 Å². The van der Waals surface area contributed by atoms with Crippen LogP contribution in [0.5, 0.6) is 5.75 Å². The third-order valence-corrected chi connectivity index (χ3v) is 5.96. The molecule has 1 saturated heterocycles. The van der Waals surface area contributed by atoms with E-state index >= 15 is 0 Å². The van der Waals surface area contributed by atoms with Gasteiger partial charge in [0.2, 0.25) is 0 Å². The van der Waals surface area contributed by atoms with Crippen LogP contribution in [-0.2, 0) is 6.42 Å². The molecule has 1 heterocycles. The van der Waals surface area contributed by atoms with E-state index in [1.807, 2.05) is 36.4 Å². The third-order valence-electron chi connectivity index (χ3n) is 5.96. The van der Waals surface area contributed by atoms with Crippen LogP contribution in [0.4, 0.5) is 10.1 Å². The summed E-state index contributed by atoms with van der Waals surface area (Å²) in [5.74, 6) is 0.715. The SMILES string of the molecule is CCCCOc1ccc(NCCC2(O)CCN(CCc3ccc(F)cc3)CC2)cc1. The second-order valence-electron chi connectivity index (χ2n) is 8.35. The van der Waals surface area contributed by atoms with Gasteiger partial charge in [0.1, 0.15) is 11.6 Å². The molecule has 0 saturated carbocycles. The molecule has 2 N–H and O–H groups in total. The predicted molar refractivity (Wildman–Crippen MR) is 121 cm³/mol. The lowest BCUT2D eigenvalue weighted by molar-refractivity contribution is -0.0245. The van der Waals surface area contributed by atoms with Gasteiger partial charge in [0.15, 0.2) is 0 Å². The van der Waals surface area contributed by atoms with Crippen molar-refractivity contribution in [2.45, 2.75) is 51.0 Å². The molecular weight excluding hydrogens is 379 g/mol. The number of benzene rings is 2. The second-order valence-corrected chi connectivity index (χ2v) is 8.35. The molecule has 3 rings (SSSR count). The Labute approximate surface area is 180 Å². The number of rotatable bonds is 11. The normalized spacial score (nSPS) is 16.4. The molecular formula is C25H35FN2O2. The number of nitrogens with zero attached hydrogens (tertiary/aromatic N) is 1. The van der Waals surface area contributed by atoms with Gasteiger partial charge in [-0.05, 0) is 74.1 Å². The number of anilines is 1. The number of hydrogen-bond acceptors (Lipinski definition) is 4. The molecule has 0 aliphatic carbocycles. The Balaban J connectivity index is 1.34. The zero-order valence-electron chi connectivity index (χ0n) is 18.1. The lowest BCUT2D eigenvalue weighted by Gasteiger charge is -2.38. The molecule has 0 radical (unpaired) electrons. The molecule has 0 aromatic heterocycles. The van der Waals surface area contributed by atoms with Gasteiger partial charge >= 0.3 is 0 Å². The van der Waals surface area contributed by atoms with Gasteiger partial charge in [-0.2, -0.15) is 0 Å². The lowest BCUT2D eigenvalue weighted by atomic mass is 9.88. The minimum Gasteiger partial charge on any atom is -0.494 e.